The van der Waals surface area contributed by atoms with E-state index >= 15 is 0 Å². The minimum atomic E-state index is -3.32. The van der Waals surface area contributed by atoms with Gasteiger partial charge >= 0.3 is 0 Å². The Kier molecular flexibility index (Phi) is 5.55. The average Bonchev–Trinajstić information content (AvgIpc) is 2.41. The van der Waals surface area contributed by atoms with Crippen molar-refractivity contribution in [1.82, 2.24) is 4.72 Å². The molecule has 0 atom stereocenters. The van der Waals surface area contributed by atoms with Gasteiger partial charge in [-0.2, -0.15) is 0 Å². The lowest BCUT2D eigenvalue weighted by Gasteiger charge is -2.32. The van der Waals surface area contributed by atoms with Gasteiger partial charge in [0, 0.05) is 0 Å². The molecule has 0 bridgehead atoms. The first-order valence-corrected chi connectivity index (χ1v) is 8.65. The van der Waals surface area contributed by atoms with Crippen LogP contribution in [-0.4, -0.2) is 24.7 Å². The summed E-state index contributed by atoms with van der Waals surface area (Å²) in [5, 5.41) is 0. The SMILES string of the molecule is CC(C)CS(=O)(=O)NC1(C(N)=S)CCCCCC1. The second-order valence-electron chi connectivity index (χ2n) is 5.64. The summed E-state index contributed by atoms with van der Waals surface area (Å²) in [5.74, 6) is 0.217. The molecular formula is C12H24N2O2S2. The van der Waals surface area contributed by atoms with Crippen LogP contribution in [0.4, 0.5) is 0 Å². The van der Waals surface area contributed by atoms with Crippen molar-refractivity contribution in [3.63, 3.8) is 0 Å². The Bertz CT molecular complexity index is 383. The molecule has 0 aliphatic heterocycles. The monoisotopic (exact) mass is 292 g/mol. The van der Waals surface area contributed by atoms with E-state index in [2.05, 4.69) is 4.72 Å². The molecule has 4 nitrogen and oxygen atoms in total. The lowest BCUT2D eigenvalue weighted by Crippen LogP contribution is -2.57. The van der Waals surface area contributed by atoms with Crippen molar-refractivity contribution in [3.05, 3.63) is 0 Å². The van der Waals surface area contributed by atoms with Crippen molar-refractivity contribution in [2.45, 2.75) is 57.9 Å². The zero-order chi connectivity index (χ0) is 13.8. The van der Waals surface area contributed by atoms with E-state index < -0.39 is 15.6 Å². The maximum absolute atomic E-state index is 12.1. The lowest BCUT2D eigenvalue weighted by atomic mass is 9.91. The molecule has 0 unspecified atom stereocenters. The van der Waals surface area contributed by atoms with Gasteiger partial charge in [-0.3, -0.25) is 0 Å². The molecule has 106 valence electrons. The van der Waals surface area contributed by atoms with E-state index in [0.29, 0.717) is 0 Å². The first-order valence-electron chi connectivity index (χ1n) is 6.59. The highest BCUT2D eigenvalue weighted by molar-refractivity contribution is 7.89. The van der Waals surface area contributed by atoms with Gasteiger partial charge in [0.05, 0.1) is 16.3 Å². The number of nitrogens with one attached hydrogen (secondary N) is 1. The molecule has 18 heavy (non-hydrogen) atoms. The molecule has 3 N–H and O–H groups in total. The average molecular weight is 292 g/mol. The van der Waals surface area contributed by atoms with Crippen molar-refractivity contribution < 1.29 is 8.42 Å². The number of hydrogen-bond donors (Lipinski definition) is 2. The molecule has 1 aliphatic carbocycles. The smallest absolute Gasteiger partial charge is 0.212 e. The minimum absolute atomic E-state index is 0.0941. The molecule has 0 aromatic carbocycles. The lowest BCUT2D eigenvalue weighted by molar-refractivity contribution is 0.439. The molecule has 0 spiro atoms. The molecule has 0 heterocycles. The highest BCUT2D eigenvalue weighted by Gasteiger charge is 2.37. The summed E-state index contributed by atoms with van der Waals surface area (Å²) in [5.41, 5.74) is 5.12. The first kappa shape index (κ1) is 15.9. The van der Waals surface area contributed by atoms with Crippen LogP contribution in [0.15, 0.2) is 0 Å². The van der Waals surface area contributed by atoms with Gasteiger partial charge in [0.25, 0.3) is 0 Å². The third kappa shape index (κ3) is 4.48. The Morgan fingerprint density at radius 1 is 1.28 bits per heavy atom. The van der Waals surface area contributed by atoms with E-state index in [1.54, 1.807) is 0 Å². The molecule has 0 radical (unpaired) electrons. The van der Waals surface area contributed by atoms with E-state index in [4.69, 9.17) is 18.0 Å². The van der Waals surface area contributed by atoms with Gasteiger partial charge in [0.1, 0.15) is 0 Å². The van der Waals surface area contributed by atoms with Crippen LogP contribution in [0.5, 0.6) is 0 Å². The molecule has 1 saturated carbocycles. The van der Waals surface area contributed by atoms with Crippen LogP contribution in [0.1, 0.15) is 52.4 Å². The number of rotatable bonds is 5. The largest absolute Gasteiger partial charge is 0.392 e. The van der Waals surface area contributed by atoms with E-state index in [1.165, 1.54) is 0 Å². The van der Waals surface area contributed by atoms with Crippen LogP contribution in [-0.2, 0) is 10.0 Å². The van der Waals surface area contributed by atoms with Crippen LogP contribution >= 0.6 is 12.2 Å². The summed E-state index contributed by atoms with van der Waals surface area (Å²) >= 11 is 5.12. The molecule has 0 aromatic rings. The van der Waals surface area contributed by atoms with Crippen molar-refractivity contribution in [2.24, 2.45) is 11.7 Å². The van der Waals surface area contributed by atoms with Crippen molar-refractivity contribution in [1.29, 1.82) is 0 Å². The number of thiocarbonyl (C=S) groups is 1. The third-order valence-corrected chi connectivity index (χ3v) is 5.53. The van der Waals surface area contributed by atoms with E-state index in [9.17, 15) is 8.42 Å². The molecule has 0 amide bonds. The van der Waals surface area contributed by atoms with E-state index in [-0.39, 0.29) is 16.7 Å². The Hall–Kier alpha value is -0.200. The molecule has 1 rings (SSSR count). The fraction of sp³-hybridized carbons (Fsp3) is 0.917. The minimum Gasteiger partial charge on any atom is -0.392 e. The Balaban J connectivity index is 2.88. The fourth-order valence-corrected chi connectivity index (χ4v) is 4.70. The summed E-state index contributed by atoms with van der Waals surface area (Å²) in [6.45, 7) is 3.78. The Labute approximate surface area is 116 Å². The van der Waals surface area contributed by atoms with Crippen molar-refractivity contribution in [2.75, 3.05) is 5.75 Å². The maximum Gasteiger partial charge on any atom is 0.212 e. The maximum atomic E-state index is 12.1. The van der Waals surface area contributed by atoms with Crippen LogP contribution in [0.3, 0.4) is 0 Å². The summed E-state index contributed by atoms with van der Waals surface area (Å²) in [6.07, 6.45) is 5.63. The normalized spacial score (nSPS) is 20.6. The summed E-state index contributed by atoms with van der Waals surface area (Å²) < 4.78 is 27.0. The zero-order valence-electron chi connectivity index (χ0n) is 11.2. The van der Waals surface area contributed by atoms with Crippen LogP contribution < -0.4 is 10.5 Å². The zero-order valence-corrected chi connectivity index (χ0v) is 12.9. The molecule has 1 aliphatic rings. The highest BCUT2D eigenvalue weighted by atomic mass is 32.2. The fourth-order valence-electron chi connectivity index (χ4n) is 2.51. The van der Waals surface area contributed by atoms with Gasteiger partial charge in [-0.15, -0.1) is 0 Å². The molecule has 1 fully saturated rings. The van der Waals surface area contributed by atoms with Crippen LogP contribution in [0, 0.1) is 5.92 Å². The Morgan fingerprint density at radius 3 is 2.17 bits per heavy atom. The molecule has 0 saturated heterocycles. The number of nitrogens with two attached hydrogens (primary N) is 1. The summed E-state index contributed by atoms with van der Waals surface area (Å²) in [6, 6.07) is 0. The molecule has 0 aromatic heterocycles. The Morgan fingerprint density at radius 2 is 1.78 bits per heavy atom. The van der Waals surface area contributed by atoms with E-state index in [1.807, 2.05) is 13.8 Å². The van der Waals surface area contributed by atoms with Gasteiger partial charge in [0.2, 0.25) is 10.0 Å². The second-order valence-corrected chi connectivity index (χ2v) is 7.84. The van der Waals surface area contributed by atoms with Crippen molar-refractivity contribution >= 4 is 27.2 Å². The van der Waals surface area contributed by atoms with Gasteiger partial charge < -0.3 is 5.73 Å². The van der Waals surface area contributed by atoms with Gasteiger partial charge in [-0.1, -0.05) is 51.7 Å². The third-order valence-electron chi connectivity index (χ3n) is 3.33. The highest BCUT2D eigenvalue weighted by Crippen LogP contribution is 2.28. The second kappa shape index (κ2) is 6.30. The summed E-state index contributed by atoms with van der Waals surface area (Å²) in [7, 11) is -3.32. The van der Waals surface area contributed by atoms with Gasteiger partial charge in [-0.25, -0.2) is 13.1 Å². The molecular weight excluding hydrogens is 268 g/mol. The van der Waals surface area contributed by atoms with Gasteiger partial charge in [0.15, 0.2) is 0 Å². The number of sulfonamides is 1. The van der Waals surface area contributed by atoms with Gasteiger partial charge in [-0.05, 0) is 18.8 Å². The number of hydrogen-bond acceptors (Lipinski definition) is 3. The first-order chi connectivity index (χ1) is 8.27. The van der Waals surface area contributed by atoms with Crippen LogP contribution in [0.25, 0.3) is 0 Å². The summed E-state index contributed by atoms with van der Waals surface area (Å²) in [4.78, 5) is 0.289. The van der Waals surface area contributed by atoms with E-state index in [0.717, 1.165) is 38.5 Å². The standard InChI is InChI=1S/C12H24N2O2S2/c1-10(2)9-18(15,16)14-12(11(13)17)7-5-3-4-6-8-12/h10,14H,3-9H2,1-2H3,(H2,13,17). The quantitative estimate of drug-likeness (QED) is 0.600. The predicted molar refractivity (Wildman–Crippen MR) is 79.0 cm³/mol. The topological polar surface area (TPSA) is 72.2 Å². The van der Waals surface area contributed by atoms with Crippen molar-refractivity contribution in [3.8, 4) is 0 Å². The molecule has 6 heteroatoms. The predicted octanol–water partition coefficient (Wildman–Crippen LogP) is 1.94. The van der Waals surface area contributed by atoms with Crippen LogP contribution in [0.2, 0.25) is 0 Å².